The number of rotatable bonds is 29. The quantitative estimate of drug-likeness (QED) is 0.0333. The van der Waals surface area contributed by atoms with E-state index in [9.17, 15) is 40.5 Å². The van der Waals surface area contributed by atoms with E-state index in [4.69, 9.17) is 28.4 Å². The number of allylic oxidation sites excluding steroid dienone is 2. The maximum atomic E-state index is 12.7. The van der Waals surface area contributed by atoms with Crippen LogP contribution >= 0.6 is 0 Å². The van der Waals surface area contributed by atoms with E-state index in [0.717, 1.165) is 51.4 Å². The number of aliphatic hydroxyl groups is 7. The zero-order valence-electron chi connectivity index (χ0n) is 31.6. The summed E-state index contributed by atoms with van der Waals surface area (Å²) in [7, 11) is 0. The van der Waals surface area contributed by atoms with E-state index in [1.165, 1.54) is 44.9 Å². The van der Waals surface area contributed by atoms with Crippen LogP contribution < -0.4 is 0 Å². The molecular weight excluding hydrogens is 680 g/mol. The van der Waals surface area contributed by atoms with Gasteiger partial charge in [0.25, 0.3) is 0 Å². The third-order valence-corrected chi connectivity index (χ3v) is 9.51. The Morgan fingerprint density at radius 1 is 0.615 bits per heavy atom. The van der Waals surface area contributed by atoms with E-state index in [1.807, 2.05) is 0 Å². The fourth-order valence-electron chi connectivity index (χ4n) is 6.17. The van der Waals surface area contributed by atoms with Gasteiger partial charge in [-0.15, -0.1) is 0 Å². The lowest BCUT2D eigenvalue weighted by Crippen LogP contribution is -2.61. The Labute approximate surface area is 310 Å². The second kappa shape index (κ2) is 28.2. The molecule has 14 nitrogen and oxygen atoms in total. The van der Waals surface area contributed by atoms with Crippen LogP contribution in [0.15, 0.2) is 12.2 Å². The van der Waals surface area contributed by atoms with Gasteiger partial charge in [-0.3, -0.25) is 4.79 Å². The molecule has 2 fully saturated rings. The largest absolute Gasteiger partial charge is 0.457 e. The van der Waals surface area contributed by atoms with Gasteiger partial charge in [0.15, 0.2) is 12.6 Å². The van der Waals surface area contributed by atoms with Crippen molar-refractivity contribution < 1.29 is 69.0 Å². The minimum Gasteiger partial charge on any atom is -0.457 e. The van der Waals surface area contributed by atoms with Crippen molar-refractivity contribution in [2.45, 2.75) is 191 Å². The summed E-state index contributed by atoms with van der Waals surface area (Å²) in [6.45, 7) is 3.53. The molecule has 2 heterocycles. The van der Waals surface area contributed by atoms with Crippen molar-refractivity contribution in [3.05, 3.63) is 12.2 Å². The Morgan fingerprint density at radius 3 is 1.83 bits per heavy atom. The number of carbonyl (C=O) groups excluding carboxylic acids is 1. The van der Waals surface area contributed by atoms with Crippen molar-refractivity contribution in [1.29, 1.82) is 0 Å². The van der Waals surface area contributed by atoms with Crippen LogP contribution in [0.1, 0.15) is 123 Å². The standard InChI is InChI=1S/C38H70O14/c1-3-5-7-9-11-12-13-14-16-18-20-22-47-24-27(50-30(40)21-19-17-15-10-8-6-4-2)25-48-37-36(46)34(44)32(42)29(52-37)26-49-38-35(45)33(43)31(41)28(23-39)51-38/h7,9,27-29,31-39,41-46H,3-6,8,10-26H2,1-2H3/b9-7-. The number of aliphatic hydroxyl groups excluding tert-OH is 7. The Balaban J connectivity index is 1.86. The topological polar surface area (TPSA) is 214 Å². The molecule has 0 aromatic carbocycles. The van der Waals surface area contributed by atoms with Gasteiger partial charge in [0.05, 0.1) is 26.4 Å². The zero-order valence-corrected chi connectivity index (χ0v) is 31.6. The van der Waals surface area contributed by atoms with Crippen LogP contribution in [0.4, 0.5) is 0 Å². The van der Waals surface area contributed by atoms with E-state index in [2.05, 4.69) is 26.0 Å². The van der Waals surface area contributed by atoms with Crippen LogP contribution in [0.2, 0.25) is 0 Å². The van der Waals surface area contributed by atoms with Crippen LogP contribution in [0.25, 0.3) is 0 Å². The fourth-order valence-corrected chi connectivity index (χ4v) is 6.17. The summed E-state index contributed by atoms with van der Waals surface area (Å²) in [4.78, 5) is 12.7. The van der Waals surface area contributed by atoms with Gasteiger partial charge < -0.3 is 64.2 Å². The number of ether oxygens (including phenoxy) is 6. The first-order valence-corrected chi connectivity index (χ1v) is 19.8. The highest BCUT2D eigenvalue weighted by atomic mass is 16.7. The molecule has 2 rings (SSSR count). The maximum Gasteiger partial charge on any atom is 0.306 e. The number of carbonyl (C=O) groups is 1. The molecule has 2 aliphatic heterocycles. The number of esters is 1. The summed E-state index contributed by atoms with van der Waals surface area (Å²) in [5.41, 5.74) is 0. The predicted octanol–water partition coefficient (Wildman–Crippen LogP) is 2.78. The van der Waals surface area contributed by atoms with E-state index in [0.29, 0.717) is 13.0 Å². The molecule has 14 heteroatoms. The molecule has 0 aliphatic carbocycles. The second-order valence-corrected chi connectivity index (χ2v) is 14.1. The molecule has 52 heavy (non-hydrogen) atoms. The third kappa shape index (κ3) is 17.9. The first-order valence-electron chi connectivity index (χ1n) is 19.8. The van der Waals surface area contributed by atoms with E-state index < -0.39 is 80.7 Å². The molecule has 0 radical (unpaired) electrons. The van der Waals surface area contributed by atoms with Gasteiger partial charge in [-0.2, -0.15) is 0 Å². The Hall–Kier alpha value is -1.27. The first kappa shape index (κ1) is 46.9. The van der Waals surface area contributed by atoms with Crippen molar-refractivity contribution in [3.8, 4) is 0 Å². The van der Waals surface area contributed by atoms with E-state index >= 15 is 0 Å². The van der Waals surface area contributed by atoms with Crippen LogP contribution in [0.3, 0.4) is 0 Å². The lowest BCUT2D eigenvalue weighted by atomic mass is 9.98. The van der Waals surface area contributed by atoms with E-state index in [1.54, 1.807) is 0 Å². The van der Waals surface area contributed by atoms with Crippen molar-refractivity contribution in [3.63, 3.8) is 0 Å². The van der Waals surface area contributed by atoms with Gasteiger partial charge in [0.1, 0.15) is 54.9 Å². The van der Waals surface area contributed by atoms with Gasteiger partial charge in [-0.25, -0.2) is 0 Å². The van der Waals surface area contributed by atoms with Crippen LogP contribution in [-0.2, 0) is 33.2 Å². The summed E-state index contributed by atoms with van der Waals surface area (Å²) >= 11 is 0. The molecule has 0 spiro atoms. The molecule has 0 amide bonds. The third-order valence-electron chi connectivity index (χ3n) is 9.51. The molecule has 2 aliphatic rings. The molecular formula is C38H70O14. The summed E-state index contributed by atoms with van der Waals surface area (Å²) < 4.78 is 33.9. The van der Waals surface area contributed by atoms with Gasteiger partial charge in [-0.1, -0.05) is 96.6 Å². The SMILES string of the molecule is CCC/C=C\CCCCCCCCOCC(COC1OC(COC2OC(CO)C(O)C(O)C2O)C(O)C(O)C1O)OC(=O)CCCCCCCCC. The number of hydrogen-bond donors (Lipinski definition) is 7. The van der Waals surface area contributed by atoms with Crippen LogP contribution in [0.5, 0.6) is 0 Å². The van der Waals surface area contributed by atoms with Crippen molar-refractivity contribution >= 4 is 5.97 Å². The highest BCUT2D eigenvalue weighted by Gasteiger charge is 2.47. The molecule has 7 N–H and O–H groups in total. The minimum atomic E-state index is -1.70. The van der Waals surface area contributed by atoms with E-state index in [-0.39, 0.29) is 25.6 Å². The molecule has 11 atom stereocenters. The minimum absolute atomic E-state index is 0.0600. The smallest absolute Gasteiger partial charge is 0.306 e. The number of unbranched alkanes of at least 4 members (excludes halogenated alkanes) is 13. The highest BCUT2D eigenvalue weighted by molar-refractivity contribution is 5.69. The molecule has 0 aromatic heterocycles. The van der Waals surface area contributed by atoms with Crippen molar-refractivity contribution in [2.24, 2.45) is 0 Å². The summed E-state index contributed by atoms with van der Waals surface area (Å²) in [6.07, 6.45) is 6.07. The van der Waals surface area contributed by atoms with Crippen LogP contribution in [0, 0.1) is 0 Å². The average molecular weight is 751 g/mol. The zero-order chi connectivity index (χ0) is 38.1. The van der Waals surface area contributed by atoms with Gasteiger partial charge in [0.2, 0.25) is 0 Å². The molecule has 11 unspecified atom stereocenters. The molecule has 0 bridgehead atoms. The maximum absolute atomic E-state index is 12.7. The monoisotopic (exact) mass is 750 g/mol. The molecule has 306 valence electrons. The normalized spacial score (nSPS) is 30.2. The Bertz CT molecular complexity index is 922. The molecule has 2 saturated heterocycles. The second-order valence-electron chi connectivity index (χ2n) is 14.1. The highest BCUT2D eigenvalue weighted by Crippen LogP contribution is 2.26. The van der Waals surface area contributed by atoms with Crippen LogP contribution in [-0.4, -0.2) is 142 Å². The lowest BCUT2D eigenvalue weighted by molar-refractivity contribution is -0.332. The summed E-state index contributed by atoms with van der Waals surface area (Å²) in [5, 5.41) is 71.5. The number of hydrogen-bond acceptors (Lipinski definition) is 14. The summed E-state index contributed by atoms with van der Waals surface area (Å²) in [5.74, 6) is -0.387. The van der Waals surface area contributed by atoms with Gasteiger partial charge >= 0.3 is 5.97 Å². The lowest BCUT2D eigenvalue weighted by Gasteiger charge is -2.42. The molecule has 0 aromatic rings. The average Bonchev–Trinajstić information content (AvgIpc) is 3.14. The van der Waals surface area contributed by atoms with Crippen molar-refractivity contribution in [1.82, 2.24) is 0 Å². The Morgan fingerprint density at radius 2 is 1.17 bits per heavy atom. The van der Waals surface area contributed by atoms with Gasteiger partial charge in [0, 0.05) is 13.0 Å². The molecule has 0 saturated carbocycles. The summed E-state index contributed by atoms with van der Waals surface area (Å²) in [6, 6.07) is 0. The van der Waals surface area contributed by atoms with Crippen molar-refractivity contribution in [2.75, 3.05) is 33.0 Å². The fraction of sp³-hybridized carbons (Fsp3) is 0.921. The predicted molar refractivity (Wildman–Crippen MR) is 192 cm³/mol. The Kier molecular flexibility index (Phi) is 25.4. The first-order chi connectivity index (χ1) is 25.1. The van der Waals surface area contributed by atoms with Gasteiger partial charge in [-0.05, 0) is 32.1 Å².